The smallest absolute Gasteiger partial charge is 0.247 e. The number of anilines is 1. The molecule has 8 N–H and O–H groups in total. The highest BCUT2D eigenvalue weighted by Gasteiger charge is 2.27. The van der Waals surface area contributed by atoms with Gasteiger partial charge in [0.15, 0.2) is 0 Å². The van der Waals surface area contributed by atoms with E-state index in [1.807, 2.05) is 30.3 Å². The first-order valence-corrected chi connectivity index (χ1v) is 11.8. The number of rotatable bonds is 13. The lowest BCUT2D eigenvalue weighted by Crippen LogP contribution is -2.52. The van der Waals surface area contributed by atoms with E-state index >= 15 is 0 Å². The molecule has 3 amide bonds. The fraction of sp³-hybridized carbons (Fsp3) is 0.417. The maximum atomic E-state index is 13.1. The van der Waals surface area contributed by atoms with E-state index in [-0.39, 0.29) is 25.4 Å². The molecule has 1 aromatic heterocycles. The van der Waals surface area contributed by atoms with Crippen LogP contribution in [0.5, 0.6) is 0 Å². The van der Waals surface area contributed by atoms with Crippen LogP contribution in [0.3, 0.4) is 0 Å². The summed E-state index contributed by atoms with van der Waals surface area (Å²) in [5.41, 5.74) is 19.1. The van der Waals surface area contributed by atoms with Crippen molar-refractivity contribution in [3.63, 3.8) is 0 Å². The number of halogens is 1. The Balaban J connectivity index is 2.11. The SMILES string of the molecule is Cc1nccc(NC(=O)C(CCc2ccccc2)NC(=O)C(N)CC(=O)N(CCN)CCN)c1Cl. The van der Waals surface area contributed by atoms with Gasteiger partial charge >= 0.3 is 0 Å². The zero-order valence-electron chi connectivity index (χ0n) is 19.9. The maximum Gasteiger partial charge on any atom is 0.247 e. The zero-order chi connectivity index (χ0) is 25.8. The van der Waals surface area contributed by atoms with Crippen LogP contribution in [0.2, 0.25) is 5.02 Å². The van der Waals surface area contributed by atoms with Crippen molar-refractivity contribution in [2.75, 3.05) is 31.5 Å². The van der Waals surface area contributed by atoms with Crippen LogP contribution >= 0.6 is 11.6 Å². The topological polar surface area (TPSA) is 169 Å². The number of nitrogens with zero attached hydrogens (tertiary/aromatic N) is 2. The van der Waals surface area contributed by atoms with Gasteiger partial charge in [-0.1, -0.05) is 41.9 Å². The van der Waals surface area contributed by atoms with Crippen molar-refractivity contribution in [1.29, 1.82) is 0 Å². The normalized spacial score (nSPS) is 12.5. The largest absolute Gasteiger partial charge is 0.343 e. The van der Waals surface area contributed by atoms with E-state index in [9.17, 15) is 14.4 Å². The van der Waals surface area contributed by atoms with Crippen LogP contribution in [0.15, 0.2) is 42.6 Å². The van der Waals surface area contributed by atoms with Gasteiger partial charge < -0.3 is 32.7 Å². The number of hydrogen-bond donors (Lipinski definition) is 5. The van der Waals surface area contributed by atoms with Crippen molar-refractivity contribution in [3.8, 4) is 0 Å². The average Bonchev–Trinajstić information content (AvgIpc) is 2.84. The van der Waals surface area contributed by atoms with Crippen molar-refractivity contribution < 1.29 is 14.4 Å². The number of aromatic nitrogens is 1. The van der Waals surface area contributed by atoms with E-state index in [4.69, 9.17) is 28.8 Å². The molecule has 0 radical (unpaired) electrons. The van der Waals surface area contributed by atoms with Crippen LogP contribution in [0.25, 0.3) is 0 Å². The van der Waals surface area contributed by atoms with Gasteiger partial charge in [0, 0.05) is 32.4 Å². The molecule has 190 valence electrons. The molecule has 1 aromatic carbocycles. The van der Waals surface area contributed by atoms with Gasteiger partial charge in [-0.2, -0.15) is 0 Å². The predicted octanol–water partition coefficient (Wildman–Crippen LogP) is 0.563. The van der Waals surface area contributed by atoms with Gasteiger partial charge in [-0.05, 0) is 31.4 Å². The monoisotopic (exact) mass is 503 g/mol. The first kappa shape index (κ1) is 28.2. The first-order valence-electron chi connectivity index (χ1n) is 11.5. The third kappa shape index (κ3) is 8.91. The molecule has 10 nitrogen and oxygen atoms in total. The molecule has 2 atom stereocenters. The number of aryl methyl sites for hydroxylation is 2. The molecule has 0 aliphatic heterocycles. The van der Waals surface area contributed by atoms with E-state index in [0.29, 0.717) is 42.3 Å². The second-order valence-electron chi connectivity index (χ2n) is 8.10. The number of nitrogens with one attached hydrogen (secondary N) is 2. The van der Waals surface area contributed by atoms with Gasteiger partial charge in [-0.3, -0.25) is 19.4 Å². The number of carbonyl (C=O) groups is 3. The Hall–Kier alpha value is -3.05. The minimum atomic E-state index is -1.14. The third-order valence-corrected chi connectivity index (χ3v) is 5.88. The molecule has 2 rings (SSSR count). The van der Waals surface area contributed by atoms with E-state index in [1.165, 1.54) is 11.1 Å². The summed E-state index contributed by atoms with van der Waals surface area (Å²) in [6.45, 7) is 2.90. The molecule has 0 aliphatic carbocycles. The molecule has 0 saturated heterocycles. The van der Waals surface area contributed by atoms with Gasteiger partial charge in [0.1, 0.15) is 6.04 Å². The molecule has 11 heteroatoms. The fourth-order valence-corrected chi connectivity index (χ4v) is 3.61. The van der Waals surface area contributed by atoms with Gasteiger partial charge in [-0.15, -0.1) is 0 Å². The third-order valence-electron chi connectivity index (χ3n) is 5.40. The minimum Gasteiger partial charge on any atom is -0.343 e. The molecule has 0 saturated carbocycles. The summed E-state index contributed by atoms with van der Waals surface area (Å²) in [5.74, 6) is -1.38. The van der Waals surface area contributed by atoms with Crippen molar-refractivity contribution >= 4 is 35.0 Å². The molecule has 0 spiro atoms. The number of hydrogen-bond acceptors (Lipinski definition) is 7. The molecule has 0 fully saturated rings. The van der Waals surface area contributed by atoms with Crippen molar-refractivity contribution in [3.05, 3.63) is 58.9 Å². The van der Waals surface area contributed by atoms with E-state index in [0.717, 1.165) is 5.56 Å². The first-order chi connectivity index (χ1) is 16.8. The Morgan fingerprint density at radius 2 is 1.71 bits per heavy atom. The van der Waals surface area contributed by atoms with Crippen molar-refractivity contribution in [2.24, 2.45) is 17.2 Å². The highest BCUT2D eigenvalue weighted by Crippen LogP contribution is 2.23. The Morgan fingerprint density at radius 3 is 2.34 bits per heavy atom. The minimum absolute atomic E-state index is 0.228. The summed E-state index contributed by atoms with van der Waals surface area (Å²) in [5, 5.41) is 5.77. The van der Waals surface area contributed by atoms with Crippen LogP contribution in [-0.2, 0) is 20.8 Å². The standard InChI is InChI=1S/C24H34ClN7O3/c1-16-22(25)19(9-12-29-16)30-24(35)20(8-7-17-5-3-2-4-6-17)31-23(34)18(28)15-21(33)32(13-10-26)14-11-27/h2-6,9,12,18,20H,7-8,10-11,13-15,26-28H2,1H3,(H,31,34)(H,29,30,35). The highest BCUT2D eigenvalue weighted by atomic mass is 35.5. The molecule has 1 heterocycles. The van der Waals surface area contributed by atoms with Gasteiger partial charge in [-0.25, -0.2) is 0 Å². The van der Waals surface area contributed by atoms with Crippen LogP contribution in [0, 0.1) is 6.92 Å². The Bertz CT molecular complexity index is 984. The number of nitrogens with two attached hydrogens (primary N) is 3. The molecular formula is C24H34ClN7O3. The lowest BCUT2D eigenvalue weighted by molar-refractivity contribution is -0.134. The van der Waals surface area contributed by atoms with Gasteiger partial charge in [0.25, 0.3) is 0 Å². The molecule has 0 aliphatic rings. The Kier molecular flexibility index (Phi) is 11.6. The molecule has 0 bridgehead atoms. The van der Waals surface area contributed by atoms with Gasteiger partial charge in [0.2, 0.25) is 17.7 Å². The van der Waals surface area contributed by atoms with E-state index < -0.39 is 23.9 Å². The van der Waals surface area contributed by atoms with Crippen molar-refractivity contribution in [2.45, 2.75) is 38.3 Å². The quantitative estimate of drug-likeness (QED) is 0.266. The second-order valence-corrected chi connectivity index (χ2v) is 8.48. The Morgan fingerprint density at radius 1 is 1.06 bits per heavy atom. The number of carbonyl (C=O) groups excluding carboxylic acids is 3. The number of amides is 3. The summed E-state index contributed by atoms with van der Waals surface area (Å²) in [6, 6.07) is 9.12. The maximum absolute atomic E-state index is 13.1. The van der Waals surface area contributed by atoms with Gasteiger partial charge in [0.05, 0.1) is 28.9 Å². The van der Waals surface area contributed by atoms with Crippen LogP contribution in [-0.4, -0.2) is 65.9 Å². The van der Waals surface area contributed by atoms with Crippen LogP contribution in [0.1, 0.15) is 24.1 Å². The Labute approximate surface area is 210 Å². The summed E-state index contributed by atoms with van der Waals surface area (Å²) in [4.78, 5) is 44.0. The molecule has 35 heavy (non-hydrogen) atoms. The number of pyridine rings is 1. The summed E-state index contributed by atoms with van der Waals surface area (Å²) < 4.78 is 0. The van der Waals surface area contributed by atoms with E-state index in [2.05, 4.69) is 15.6 Å². The predicted molar refractivity (Wildman–Crippen MR) is 137 cm³/mol. The lowest BCUT2D eigenvalue weighted by Gasteiger charge is -2.24. The summed E-state index contributed by atoms with van der Waals surface area (Å²) in [7, 11) is 0. The zero-order valence-corrected chi connectivity index (χ0v) is 20.6. The number of benzene rings is 1. The summed E-state index contributed by atoms with van der Waals surface area (Å²) >= 11 is 6.26. The van der Waals surface area contributed by atoms with Crippen molar-refractivity contribution in [1.82, 2.24) is 15.2 Å². The highest BCUT2D eigenvalue weighted by molar-refractivity contribution is 6.34. The molecule has 2 unspecified atom stereocenters. The van der Waals surface area contributed by atoms with Crippen LogP contribution < -0.4 is 27.8 Å². The van der Waals surface area contributed by atoms with E-state index in [1.54, 1.807) is 13.0 Å². The molecule has 2 aromatic rings. The fourth-order valence-electron chi connectivity index (χ4n) is 3.45. The summed E-state index contributed by atoms with van der Waals surface area (Å²) in [6.07, 6.45) is 2.16. The average molecular weight is 504 g/mol. The van der Waals surface area contributed by atoms with Crippen LogP contribution in [0.4, 0.5) is 5.69 Å². The second kappa shape index (κ2) is 14.4. The molecular weight excluding hydrogens is 470 g/mol. The lowest BCUT2D eigenvalue weighted by atomic mass is 10.0.